The minimum Gasteiger partial charge on any atom is -0.488 e. The van der Waals surface area contributed by atoms with Crippen molar-refractivity contribution in [2.24, 2.45) is 5.73 Å². The smallest absolute Gasteiger partial charge is 0.127 e. The minimum atomic E-state index is -0.289. The van der Waals surface area contributed by atoms with Gasteiger partial charge < -0.3 is 10.5 Å². The van der Waals surface area contributed by atoms with Gasteiger partial charge >= 0.3 is 0 Å². The lowest BCUT2D eigenvalue weighted by Gasteiger charge is -2.07. The zero-order valence-corrected chi connectivity index (χ0v) is 12.1. The molecule has 5 heteroatoms. The molecule has 96 valence electrons. The standard InChI is InChI=1S/C13H13BrFNOS/c14-10-5-13(18-8-10)7-17-12-4-9(1-2-16)3-11(15)6-12/h3-6,8H,1-2,7,16H2. The number of halogens is 2. The van der Waals surface area contributed by atoms with Crippen LogP contribution in [0, 0.1) is 5.82 Å². The third kappa shape index (κ3) is 3.80. The maximum atomic E-state index is 13.4. The fraction of sp³-hybridized carbons (Fsp3) is 0.231. The summed E-state index contributed by atoms with van der Waals surface area (Å²) >= 11 is 4.98. The van der Waals surface area contributed by atoms with E-state index >= 15 is 0 Å². The molecule has 18 heavy (non-hydrogen) atoms. The van der Waals surface area contributed by atoms with Crippen LogP contribution in [0.15, 0.2) is 34.1 Å². The number of nitrogens with two attached hydrogens (primary N) is 1. The van der Waals surface area contributed by atoms with Crippen molar-refractivity contribution in [1.82, 2.24) is 0 Å². The average Bonchev–Trinajstić information content (AvgIpc) is 2.72. The van der Waals surface area contributed by atoms with Gasteiger partial charge in [-0.25, -0.2) is 4.39 Å². The van der Waals surface area contributed by atoms with Gasteiger partial charge in [0.05, 0.1) is 0 Å². The summed E-state index contributed by atoms with van der Waals surface area (Å²) in [5, 5.41) is 1.99. The molecule has 0 aliphatic rings. The third-order valence-electron chi connectivity index (χ3n) is 2.37. The molecule has 0 atom stereocenters. The molecule has 1 aromatic carbocycles. The molecular weight excluding hydrogens is 317 g/mol. The molecule has 0 saturated carbocycles. The summed E-state index contributed by atoms with van der Waals surface area (Å²) in [7, 11) is 0. The first-order valence-electron chi connectivity index (χ1n) is 5.52. The molecule has 0 saturated heterocycles. The molecule has 0 bridgehead atoms. The molecule has 0 fully saturated rings. The van der Waals surface area contributed by atoms with E-state index in [1.54, 1.807) is 11.3 Å². The Morgan fingerprint density at radius 2 is 2.11 bits per heavy atom. The van der Waals surface area contributed by atoms with Gasteiger partial charge in [0.1, 0.15) is 18.2 Å². The van der Waals surface area contributed by atoms with Crippen molar-refractivity contribution in [3.8, 4) is 5.75 Å². The second-order valence-corrected chi connectivity index (χ2v) is 5.77. The summed E-state index contributed by atoms with van der Waals surface area (Å²) in [6, 6.07) is 6.70. The van der Waals surface area contributed by atoms with E-state index in [1.807, 2.05) is 17.5 Å². The molecule has 2 aromatic rings. The molecule has 0 aliphatic carbocycles. The lowest BCUT2D eigenvalue weighted by Crippen LogP contribution is -2.03. The molecular formula is C13H13BrFNOS. The van der Waals surface area contributed by atoms with E-state index in [1.165, 1.54) is 12.1 Å². The molecule has 0 radical (unpaired) electrons. The molecule has 0 unspecified atom stereocenters. The normalized spacial score (nSPS) is 10.6. The Labute approximate surface area is 118 Å². The van der Waals surface area contributed by atoms with Gasteiger partial charge in [0, 0.05) is 20.8 Å². The van der Waals surface area contributed by atoms with E-state index in [2.05, 4.69) is 15.9 Å². The van der Waals surface area contributed by atoms with Crippen molar-refractivity contribution in [3.05, 3.63) is 50.4 Å². The molecule has 2 nitrogen and oxygen atoms in total. The molecule has 2 rings (SSSR count). The second kappa shape index (κ2) is 6.31. The Bertz CT molecular complexity index is 529. The SMILES string of the molecule is NCCc1cc(F)cc(OCc2cc(Br)cs2)c1. The van der Waals surface area contributed by atoms with Crippen LogP contribution in [0.4, 0.5) is 4.39 Å². The fourth-order valence-corrected chi connectivity index (χ4v) is 2.96. The van der Waals surface area contributed by atoms with Crippen LogP contribution in [-0.4, -0.2) is 6.54 Å². The van der Waals surface area contributed by atoms with Crippen molar-refractivity contribution < 1.29 is 9.13 Å². The van der Waals surface area contributed by atoms with Gasteiger partial charge in [0.15, 0.2) is 0 Å². The molecule has 0 spiro atoms. The van der Waals surface area contributed by atoms with Gasteiger partial charge in [0.2, 0.25) is 0 Å². The molecule has 2 N–H and O–H groups in total. The first-order valence-corrected chi connectivity index (χ1v) is 7.20. The summed E-state index contributed by atoms with van der Waals surface area (Å²) in [4.78, 5) is 1.09. The summed E-state index contributed by atoms with van der Waals surface area (Å²) in [6.07, 6.45) is 0.651. The highest BCUT2D eigenvalue weighted by molar-refractivity contribution is 9.10. The predicted molar refractivity (Wildman–Crippen MR) is 75.5 cm³/mol. The van der Waals surface area contributed by atoms with Crippen molar-refractivity contribution in [1.29, 1.82) is 0 Å². The highest BCUT2D eigenvalue weighted by Crippen LogP contribution is 2.23. The van der Waals surface area contributed by atoms with Crippen molar-refractivity contribution >= 4 is 27.3 Å². The first kappa shape index (κ1) is 13.5. The third-order valence-corrected chi connectivity index (χ3v) is 4.04. The first-order chi connectivity index (χ1) is 8.67. The maximum absolute atomic E-state index is 13.4. The molecule has 1 aromatic heterocycles. The predicted octanol–water partition coefficient (Wildman–Crippen LogP) is 3.73. The summed E-state index contributed by atoms with van der Waals surface area (Å²) in [5.41, 5.74) is 6.32. The van der Waals surface area contributed by atoms with Gasteiger partial charge in [-0.15, -0.1) is 11.3 Å². The Hall–Kier alpha value is -0.910. The fourth-order valence-electron chi connectivity index (χ4n) is 1.60. The Morgan fingerprint density at radius 3 is 2.78 bits per heavy atom. The summed E-state index contributed by atoms with van der Waals surface area (Å²) < 4.78 is 20.0. The van der Waals surface area contributed by atoms with Crippen molar-refractivity contribution in [2.75, 3.05) is 6.54 Å². The number of hydrogen-bond acceptors (Lipinski definition) is 3. The van der Waals surface area contributed by atoms with E-state index in [4.69, 9.17) is 10.5 Å². The van der Waals surface area contributed by atoms with Crippen LogP contribution in [0.5, 0.6) is 5.75 Å². The lowest BCUT2D eigenvalue weighted by molar-refractivity contribution is 0.308. The van der Waals surface area contributed by atoms with Gasteiger partial charge in [-0.1, -0.05) is 0 Å². The Kier molecular flexibility index (Phi) is 4.74. The van der Waals surface area contributed by atoms with E-state index in [9.17, 15) is 4.39 Å². The Balaban J connectivity index is 2.04. The largest absolute Gasteiger partial charge is 0.488 e. The lowest BCUT2D eigenvalue weighted by atomic mass is 10.1. The van der Waals surface area contributed by atoms with Gasteiger partial charge in [-0.05, 0) is 52.7 Å². The monoisotopic (exact) mass is 329 g/mol. The minimum absolute atomic E-state index is 0.289. The molecule has 1 heterocycles. The van der Waals surface area contributed by atoms with E-state index < -0.39 is 0 Å². The zero-order chi connectivity index (χ0) is 13.0. The van der Waals surface area contributed by atoms with Crippen LogP contribution in [0.25, 0.3) is 0 Å². The number of ether oxygens (including phenoxy) is 1. The number of hydrogen-bond donors (Lipinski definition) is 1. The van der Waals surface area contributed by atoms with Crippen LogP contribution >= 0.6 is 27.3 Å². The number of thiophene rings is 1. The van der Waals surface area contributed by atoms with Crippen LogP contribution < -0.4 is 10.5 Å². The highest BCUT2D eigenvalue weighted by Gasteiger charge is 2.03. The van der Waals surface area contributed by atoms with E-state index in [0.717, 1.165) is 14.9 Å². The van der Waals surface area contributed by atoms with Crippen molar-refractivity contribution in [2.45, 2.75) is 13.0 Å². The number of benzene rings is 1. The summed E-state index contributed by atoms with van der Waals surface area (Å²) in [5.74, 6) is 0.256. The maximum Gasteiger partial charge on any atom is 0.127 e. The molecule has 0 amide bonds. The van der Waals surface area contributed by atoms with Crippen LogP contribution in [-0.2, 0) is 13.0 Å². The highest BCUT2D eigenvalue weighted by atomic mass is 79.9. The van der Waals surface area contributed by atoms with Crippen LogP contribution in [0.1, 0.15) is 10.4 Å². The van der Waals surface area contributed by atoms with Gasteiger partial charge in [-0.3, -0.25) is 0 Å². The summed E-state index contributed by atoms with van der Waals surface area (Å²) in [6.45, 7) is 0.947. The van der Waals surface area contributed by atoms with E-state index in [0.29, 0.717) is 25.3 Å². The molecule has 0 aliphatic heterocycles. The van der Waals surface area contributed by atoms with Crippen molar-refractivity contribution in [3.63, 3.8) is 0 Å². The van der Waals surface area contributed by atoms with Crippen LogP contribution in [0.3, 0.4) is 0 Å². The average molecular weight is 330 g/mol. The topological polar surface area (TPSA) is 35.2 Å². The van der Waals surface area contributed by atoms with E-state index in [-0.39, 0.29) is 5.82 Å². The zero-order valence-electron chi connectivity index (χ0n) is 9.66. The second-order valence-electron chi connectivity index (χ2n) is 3.85. The van der Waals surface area contributed by atoms with Gasteiger partial charge in [-0.2, -0.15) is 0 Å². The Morgan fingerprint density at radius 1 is 1.28 bits per heavy atom. The number of rotatable bonds is 5. The quantitative estimate of drug-likeness (QED) is 0.907. The van der Waals surface area contributed by atoms with Gasteiger partial charge in [0.25, 0.3) is 0 Å². The van der Waals surface area contributed by atoms with Crippen LogP contribution in [0.2, 0.25) is 0 Å².